The Hall–Kier alpha value is -2.33. The molecule has 0 aliphatic rings. The molecule has 1 radical (unpaired) electrons. The number of rotatable bonds is 7. The number of aliphatic hydroxyl groups is 1. The Morgan fingerprint density at radius 2 is 1.65 bits per heavy atom. The van der Waals surface area contributed by atoms with Crippen LogP contribution in [0.3, 0.4) is 0 Å². The van der Waals surface area contributed by atoms with Crippen LogP contribution in [-0.4, -0.2) is 30.4 Å². The third-order valence-corrected chi connectivity index (χ3v) is 11.2. The van der Waals surface area contributed by atoms with Crippen molar-refractivity contribution in [3.05, 3.63) is 78.7 Å². The van der Waals surface area contributed by atoms with Gasteiger partial charge in [-0.15, -0.1) is 0 Å². The zero-order valence-corrected chi connectivity index (χ0v) is 28.2. The Morgan fingerprint density at radius 3 is 2.38 bits per heavy atom. The number of pyridine rings is 1. The summed E-state index contributed by atoms with van der Waals surface area (Å²) in [6, 6.07) is 23.1. The molecule has 209 valence electrons. The molecule has 0 amide bonds. The summed E-state index contributed by atoms with van der Waals surface area (Å²) in [6.45, 7) is 8.07. The van der Waals surface area contributed by atoms with E-state index in [1.165, 1.54) is 50.9 Å². The van der Waals surface area contributed by atoms with Gasteiger partial charge in [0.05, 0.1) is 5.76 Å². The van der Waals surface area contributed by atoms with Gasteiger partial charge >= 0.3 is 148 Å². The van der Waals surface area contributed by atoms with Crippen molar-refractivity contribution in [3.8, 4) is 0 Å². The van der Waals surface area contributed by atoms with E-state index in [4.69, 9.17) is 4.98 Å². The Labute approximate surface area is 259 Å². The topological polar surface area (TPSA) is 50.2 Å². The average Bonchev–Trinajstić information content (AvgIpc) is 3.27. The number of ketones is 1. The van der Waals surface area contributed by atoms with Crippen LogP contribution in [0.1, 0.15) is 53.4 Å². The van der Waals surface area contributed by atoms with E-state index in [2.05, 4.69) is 60.7 Å². The van der Waals surface area contributed by atoms with Crippen LogP contribution in [-0.2, 0) is 24.9 Å². The first-order valence-electron chi connectivity index (χ1n) is 13.9. The van der Waals surface area contributed by atoms with Crippen molar-refractivity contribution in [2.75, 3.05) is 0 Å². The Morgan fingerprint density at radius 1 is 0.950 bits per heavy atom. The second-order valence-corrected chi connectivity index (χ2v) is 13.3. The number of fused-ring (bicyclic) bond motifs is 4. The Kier molecular flexibility index (Phi) is 10.4. The van der Waals surface area contributed by atoms with Gasteiger partial charge in [-0.2, -0.15) is 0 Å². The first kappa shape index (κ1) is 30.6. The fraction of sp³-hybridized carbons (Fsp3) is 0.294. The SMILES string of the molecule is CCC(CC)C(=O)/C=C(\O)C(CC)CC.[Ir].[c-]1ccc2[se]c3cccc4sc5c6ccccc6cnc5c1c2c43. The van der Waals surface area contributed by atoms with E-state index >= 15 is 0 Å². The summed E-state index contributed by atoms with van der Waals surface area (Å²) in [5, 5.41) is 16.2. The summed E-state index contributed by atoms with van der Waals surface area (Å²) in [7, 11) is 0. The van der Waals surface area contributed by atoms with E-state index in [0.717, 1.165) is 31.2 Å². The van der Waals surface area contributed by atoms with Crippen LogP contribution in [0.5, 0.6) is 0 Å². The molecule has 40 heavy (non-hydrogen) atoms. The molecule has 0 fully saturated rings. The molecule has 0 saturated heterocycles. The monoisotopic (exact) mass is 793 g/mol. The van der Waals surface area contributed by atoms with Gasteiger partial charge in [-0.3, -0.25) is 4.79 Å². The third kappa shape index (κ3) is 5.84. The zero-order valence-electron chi connectivity index (χ0n) is 23.3. The van der Waals surface area contributed by atoms with E-state index in [-0.39, 0.29) is 43.5 Å². The molecule has 1 N–H and O–H groups in total. The molecule has 0 atom stereocenters. The van der Waals surface area contributed by atoms with Gasteiger partial charge < -0.3 is 5.11 Å². The van der Waals surface area contributed by atoms with Crippen molar-refractivity contribution in [2.45, 2.75) is 53.4 Å². The predicted octanol–water partition coefficient (Wildman–Crippen LogP) is 9.63. The van der Waals surface area contributed by atoms with Gasteiger partial charge in [0, 0.05) is 38.0 Å². The molecule has 0 aliphatic heterocycles. The van der Waals surface area contributed by atoms with E-state index in [0.29, 0.717) is 14.5 Å². The van der Waals surface area contributed by atoms with Gasteiger partial charge in [-0.25, -0.2) is 0 Å². The van der Waals surface area contributed by atoms with E-state index in [1.54, 1.807) is 0 Å². The van der Waals surface area contributed by atoms with Crippen LogP contribution in [0.15, 0.2) is 72.6 Å². The normalized spacial score (nSPS) is 12.0. The number of carbonyl (C=O) groups excluding carboxylic acids is 1. The molecule has 0 aliphatic carbocycles. The molecule has 3 aromatic carbocycles. The fourth-order valence-electron chi connectivity index (χ4n) is 5.35. The molecule has 3 heterocycles. The summed E-state index contributed by atoms with van der Waals surface area (Å²) in [5.41, 5.74) is 1.08. The van der Waals surface area contributed by atoms with Gasteiger partial charge in [-0.05, 0) is 25.7 Å². The van der Waals surface area contributed by atoms with Crippen molar-refractivity contribution in [2.24, 2.45) is 11.8 Å². The van der Waals surface area contributed by atoms with Crippen LogP contribution in [0, 0.1) is 17.9 Å². The summed E-state index contributed by atoms with van der Waals surface area (Å²) < 4.78 is 5.56. The Balaban J connectivity index is 0.000000204. The molecule has 6 aromatic rings. The van der Waals surface area contributed by atoms with Crippen LogP contribution in [0.25, 0.3) is 50.4 Å². The molecule has 6 rings (SSSR count). The number of aliphatic hydroxyl groups excluding tert-OH is 1. The average molecular weight is 792 g/mol. The predicted molar refractivity (Wildman–Crippen MR) is 169 cm³/mol. The first-order valence-corrected chi connectivity index (χ1v) is 16.4. The summed E-state index contributed by atoms with van der Waals surface area (Å²) in [6.07, 6.45) is 6.91. The zero-order chi connectivity index (χ0) is 27.5. The Bertz CT molecular complexity index is 1810. The second kappa shape index (κ2) is 13.6. The number of nitrogens with zero attached hydrogens (tertiary/aromatic N) is 1. The summed E-state index contributed by atoms with van der Waals surface area (Å²) in [5.74, 6) is 0.547. The van der Waals surface area contributed by atoms with Crippen molar-refractivity contribution in [3.63, 3.8) is 0 Å². The number of allylic oxidation sites excluding steroid dienone is 2. The molecule has 3 aromatic heterocycles. The van der Waals surface area contributed by atoms with Crippen LogP contribution < -0.4 is 0 Å². The summed E-state index contributed by atoms with van der Waals surface area (Å²) in [4.78, 5) is 16.6. The minimum absolute atomic E-state index is 0. The first-order chi connectivity index (χ1) is 19.0. The standard InChI is InChI=1S/C21H10NSSe.C13H24O2.Ir/c1-2-6-13-12(5-1)11-22-20-14-7-3-9-16-18(14)19-15(23-21(13)20)8-4-10-17(19)24-16;1-5-10(6-2)12(14)9-13(15)11(7-3)8-4;/h1-6,8-11H;9-11,14H,5-8H2,1-4H3;/q-1;;/b;12-9-;. The number of aromatic nitrogens is 1. The van der Waals surface area contributed by atoms with Gasteiger partial charge in [-0.1, -0.05) is 27.7 Å². The van der Waals surface area contributed by atoms with E-state index < -0.39 is 0 Å². The number of benzene rings is 3. The molecule has 3 nitrogen and oxygen atoms in total. The summed E-state index contributed by atoms with van der Waals surface area (Å²) >= 11 is 2.25. The van der Waals surface area contributed by atoms with Gasteiger partial charge in [0.25, 0.3) is 0 Å². The van der Waals surface area contributed by atoms with Crippen molar-refractivity contribution < 1.29 is 30.0 Å². The van der Waals surface area contributed by atoms with E-state index in [9.17, 15) is 9.90 Å². The molecular formula is C34H34IrNO2SSe-. The molecule has 6 heteroatoms. The number of hydrogen-bond donors (Lipinski definition) is 1. The molecule has 0 spiro atoms. The van der Waals surface area contributed by atoms with Crippen LogP contribution in [0.2, 0.25) is 0 Å². The van der Waals surface area contributed by atoms with E-state index in [1.807, 2.05) is 45.2 Å². The quantitative estimate of drug-likeness (QED) is 0.0759. The maximum absolute atomic E-state index is 11.7. The van der Waals surface area contributed by atoms with Crippen molar-refractivity contribution in [1.29, 1.82) is 0 Å². The minimum atomic E-state index is 0. The van der Waals surface area contributed by atoms with Gasteiger partial charge in [0.15, 0.2) is 5.78 Å². The molecular weight excluding hydrogens is 758 g/mol. The van der Waals surface area contributed by atoms with Gasteiger partial charge in [0.1, 0.15) is 0 Å². The number of carbonyl (C=O) groups is 1. The van der Waals surface area contributed by atoms with Crippen molar-refractivity contribution >= 4 is 82.0 Å². The fourth-order valence-corrected chi connectivity index (χ4v) is 9.12. The van der Waals surface area contributed by atoms with Gasteiger partial charge in [0.2, 0.25) is 0 Å². The number of hydrogen-bond acceptors (Lipinski definition) is 4. The molecule has 0 unspecified atom stereocenters. The molecule has 0 saturated carbocycles. The van der Waals surface area contributed by atoms with Crippen LogP contribution in [0.4, 0.5) is 0 Å². The van der Waals surface area contributed by atoms with Crippen LogP contribution >= 0.6 is 11.3 Å². The molecule has 0 bridgehead atoms. The van der Waals surface area contributed by atoms with Crippen molar-refractivity contribution in [1.82, 2.24) is 4.98 Å². The third-order valence-electron chi connectivity index (χ3n) is 7.70. The maximum atomic E-state index is 11.7. The second-order valence-electron chi connectivity index (χ2n) is 9.95.